The van der Waals surface area contributed by atoms with E-state index in [1.807, 2.05) is 38.1 Å². The van der Waals surface area contributed by atoms with Crippen molar-refractivity contribution in [1.82, 2.24) is 0 Å². The van der Waals surface area contributed by atoms with Crippen molar-refractivity contribution in [3.05, 3.63) is 52.7 Å². The minimum atomic E-state index is -0.369. The number of anilines is 1. The van der Waals surface area contributed by atoms with Crippen LogP contribution in [-0.4, -0.2) is 25.5 Å². The molecule has 1 rings (SSSR count). The van der Waals surface area contributed by atoms with Gasteiger partial charge in [-0.25, -0.2) is 4.79 Å². The lowest BCUT2D eigenvalue weighted by molar-refractivity contribution is -0.575. The van der Waals surface area contributed by atoms with Gasteiger partial charge in [-0.05, 0) is 47.1 Å². The largest absolute Gasteiger partial charge is 0.466 e. The average molecular weight is 384 g/mol. The van der Waals surface area contributed by atoms with E-state index in [9.17, 15) is 9.59 Å². The summed E-state index contributed by atoms with van der Waals surface area (Å²) >= 11 is 3.36. The monoisotopic (exact) mass is 383 g/mol. The summed E-state index contributed by atoms with van der Waals surface area (Å²) in [4.78, 5) is 22.8. The number of ether oxygens (including phenoxy) is 1. The van der Waals surface area contributed by atoms with Crippen LogP contribution in [0.15, 0.2) is 52.7 Å². The minimum Gasteiger partial charge on any atom is -0.466 e. The number of carbonyl (C=O) groups is 2. The van der Waals surface area contributed by atoms with Crippen LogP contribution in [-0.2, 0) is 14.3 Å². The van der Waals surface area contributed by atoms with Gasteiger partial charge in [0.15, 0.2) is 6.54 Å². The zero-order chi connectivity index (χ0) is 17.7. The molecule has 23 heavy (non-hydrogen) atoms. The zero-order valence-corrected chi connectivity index (χ0v) is 15.5. The highest BCUT2D eigenvalue weighted by Gasteiger charge is 2.05. The van der Waals surface area contributed by atoms with Gasteiger partial charge >= 0.3 is 5.97 Å². The molecular formula is C17H24BrN2O3+. The molecule has 0 fully saturated rings. The Labute approximate surface area is 145 Å². The minimum absolute atomic E-state index is 0.111. The van der Waals surface area contributed by atoms with E-state index in [4.69, 9.17) is 0 Å². The molecule has 0 aromatic heterocycles. The fourth-order valence-corrected chi connectivity index (χ4v) is 1.83. The highest BCUT2D eigenvalue weighted by Crippen LogP contribution is 2.20. The van der Waals surface area contributed by atoms with Gasteiger partial charge in [-0.3, -0.25) is 4.79 Å². The molecular weight excluding hydrogens is 360 g/mol. The molecule has 6 heteroatoms. The Morgan fingerprint density at radius 1 is 1.30 bits per heavy atom. The summed E-state index contributed by atoms with van der Waals surface area (Å²) in [5.41, 5.74) is 1.24. The van der Waals surface area contributed by atoms with Crippen LogP contribution in [0.1, 0.15) is 20.8 Å². The van der Waals surface area contributed by atoms with Crippen molar-refractivity contribution < 1.29 is 19.6 Å². The highest BCUT2D eigenvalue weighted by atomic mass is 79.9. The van der Waals surface area contributed by atoms with Crippen LogP contribution < -0.4 is 10.6 Å². The fraction of sp³-hybridized carbons (Fsp3) is 0.294. The first-order valence-corrected chi connectivity index (χ1v) is 8.13. The van der Waals surface area contributed by atoms with Gasteiger partial charge in [0.1, 0.15) is 0 Å². The van der Waals surface area contributed by atoms with Crippen molar-refractivity contribution in [3.63, 3.8) is 0 Å². The van der Waals surface area contributed by atoms with Crippen molar-refractivity contribution >= 4 is 33.5 Å². The molecule has 5 nitrogen and oxygen atoms in total. The maximum atomic E-state index is 11.7. The third-order valence-electron chi connectivity index (χ3n) is 2.55. The van der Waals surface area contributed by atoms with Crippen LogP contribution >= 0.6 is 15.9 Å². The molecule has 0 spiro atoms. The summed E-state index contributed by atoms with van der Waals surface area (Å²) in [5, 5.41) is 4.51. The van der Waals surface area contributed by atoms with Gasteiger partial charge in [0.25, 0.3) is 5.91 Å². The maximum absolute atomic E-state index is 11.7. The molecule has 1 aromatic rings. The second-order valence-corrected chi connectivity index (χ2v) is 5.05. The molecule has 0 heterocycles. The van der Waals surface area contributed by atoms with Gasteiger partial charge in [-0.2, -0.15) is 0 Å². The second kappa shape index (κ2) is 12.6. The standard InChI is InChI=1S/C15H17BrN2O3.C2H6/c1-11(15(20)21-2)6-5-9-17-10-14(19)18-13-8-4-3-7-12(13)16;1-2/h3-9,17H,10H2,1-2H3,(H,18,19);1-2H3/p+1/b9-5-,11-6+;. The number of hydrogen-bond donors (Lipinski definition) is 2. The SMILES string of the molecule is CC.COC(=O)/C(C)=C/C=C\[NH2+]CC(=O)Nc1ccccc1Br. The molecule has 0 aliphatic heterocycles. The number of benzene rings is 1. The van der Waals surface area contributed by atoms with E-state index < -0.39 is 0 Å². The average Bonchev–Trinajstić information content (AvgIpc) is 2.57. The number of nitrogens with two attached hydrogens (primary N) is 1. The van der Waals surface area contributed by atoms with Crippen LogP contribution in [0.3, 0.4) is 0 Å². The number of methoxy groups -OCH3 is 1. The number of allylic oxidation sites excluding steroid dienone is 2. The van der Waals surface area contributed by atoms with E-state index in [1.54, 1.807) is 30.6 Å². The molecule has 126 valence electrons. The Balaban J connectivity index is 0.00000232. The van der Waals surface area contributed by atoms with E-state index in [0.29, 0.717) is 5.57 Å². The van der Waals surface area contributed by atoms with Crippen molar-refractivity contribution in [2.24, 2.45) is 0 Å². The number of para-hydroxylation sites is 1. The van der Waals surface area contributed by atoms with Gasteiger partial charge < -0.3 is 15.4 Å². The third kappa shape index (κ3) is 8.95. The van der Waals surface area contributed by atoms with Crippen molar-refractivity contribution in [2.45, 2.75) is 20.8 Å². The van der Waals surface area contributed by atoms with Crippen molar-refractivity contribution in [1.29, 1.82) is 0 Å². The van der Waals surface area contributed by atoms with Crippen LogP contribution in [0.2, 0.25) is 0 Å². The van der Waals surface area contributed by atoms with Gasteiger partial charge in [-0.15, -0.1) is 0 Å². The predicted molar refractivity (Wildman–Crippen MR) is 95.8 cm³/mol. The molecule has 1 amide bonds. The predicted octanol–water partition coefficient (Wildman–Crippen LogP) is 2.61. The number of rotatable bonds is 6. The van der Waals surface area contributed by atoms with Gasteiger partial charge in [0, 0.05) is 10.0 Å². The Morgan fingerprint density at radius 2 is 1.96 bits per heavy atom. The van der Waals surface area contributed by atoms with Crippen molar-refractivity contribution in [2.75, 3.05) is 19.0 Å². The molecule has 3 N–H and O–H groups in total. The lowest BCUT2D eigenvalue weighted by atomic mass is 10.3. The molecule has 0 unspecified atom stereocenters. The molecule has 0 aliphatic rings. The first kappa shape index (κ1) is 21.1. The topological polar surface area (TPSA) is 72.0 Å². The first-order chi connectivity index (χ1) is 11.0. The molecule has 0 atom stereocenters. The Hall–Kier alpha value is -1.92. The molecule has 0 aliphatic carbocycles. The smallest absolute Gasteiger partial charge is 0.333 e. The highest BCUT2D eigenvalue weighted by molar-refractivity contribution is 9.10. The molecule has 0 radical (unpaired) electrons. The molecule has 1 aromatic carbocycles. The summed E-state index contributed by atoms with van der Waals surface area (Å²) in [6, 6.07) is 7.41. The number of hydrogen-bond acceptors (Lipinski definition) is 3. The van der Waals surface area contributed by atoms with Crippen LogP contribution in [0.4, 0.5) is 5.69 Å². The van der Waals surface area contributed by atoms with E-state index in [1.165, 1.54) is 7.11 Å². The number of halogens is 1. The quantitative estimate of drug-likeness (QED) is 0.450. The van der Waals surface area contributed by atoms with Gasteiger partial charge in [0.05, 0.1) is 19.0 Å². The lowest BCUT2D eigenvalue weighted by Gasteiger charge is -2.04. The first-order valence-electron chi connectivity index (χ1n) is 7.34. The van der Waals surface area contributed by atoms with E-state index in [0.717, 1.165) is 10.2 Å². The molecule has 0 saturated carbocycles. The number of amides is 1. The van der Waals surface area contributed by atoms with Crippen LogP contribution in [0.25, 0.3) is 0 Å². The van der Waals surface area contributed by atoms with E-state index in [-0.39, 0.29) is 18.4 Å². The van der Waals surface area contributed by atoms with E-state index in [2.05, 4.69) is 26.0 Å². The lowest BCUT2D eigenvalue weighted by Crippen LogP contribution is -2.80. The summed E-state index contributed by atoms with van der Waals surface area (Å²) in [6.45, 7) is 5.92. The number of nitrogens with one attached hydrogen (secondary N) is 1. The summed E-state index contributed by atoms with van der Waals surface area (Å²) in [7, 11) is 1.33. The number of quaternary nitrogens is 1. The number of carbonyl (C=O) groups excluding carboxylic acids is 2. The Bertz CT molecular complexity index is 569. The molecule has 0 bridgehead atoms. The van der Waals surface area contributed by atoms with E-state index >= 15 is 0 Å². The van der Waals surface area contributed by atoms with Crippen molar-refractivity contribution in [3.8, 4) is 0 Å². The summed E-state index contributed by atoms with van der Waals surface area (Å²) < 4.78 is 5.40. The normalized spacial score (nSPS) is 10.7. The zero-order valence-electron chi connectivity index (χ0n) is 13.9. The van der Waals surface area contributed by atoms with Gasteiger partial charge in [-0.1, -0.05) is 26.0 Å². The van der Waals surface area contributed by atoms with Crippen LogP contribution in [0, 0.1) is 0 Å². The Morgan fingerprint density at radius 3 is 2.57 bits per heavy atom. The third-order valence-corrected chi connectivity index (χ3v) is 3.24. The summed E-state index contributed by atoms with van der Waals surface area (Å²) in [5.74, 6) is -0.480. The van der Waals surface area contributed by atoms with Gasteiger partial charge in [0.2, 0.25) is 0 Å². The Kier molecular flexibility index (Phi) is 11.6. The maximum Gasteiger partial charge on any atom is 0.333 e. The fourth-order valence-electron chi connectivity index (χ4n) is 1.45. The second-order valence-electron chi connectivity index (χ2n) is 4.19. The molecule has 0 saturated heterocycles. The van der Waals surface area contributed by atoms with Crippen LogP contribution in [0.5, 0.6) is 0 Å². The summed E-state index contributed by atoms with van der Waals surface area (Å²) in [6.07, 6.45) is 5.04. The number of esters is 1.